The van der Waals surface area contributed by atoms with E-state index in [-0.39, 0.29) is 11.2 Å². The van der Waals surface area contributed by atoms with Crippen LogP contribution in [0.2, 0.25) is 0 Å². The van der Waals surface area contributed by atoms with E-state index in [0.717, 1.165) is 15.9 Å². The summed E-state index contributed by atoms with van der Waals surface area (Å²) in [6.45, 7) is 3.71. The summed E-state index contributed by atoms with van der Waals surface area (Å²) in [5.41, 5.74) is 1.52. The number of carbonyl (C=O) groups is 1. The number of hydrogen-bond donors (Lipinski definition) is 1. The number of thioether (sulfide) groups is 1. The van der Waals surface area contributed by atoms with Crippen LogP contribution in [0.15, 0.2) is 47.5 Å². The molecule has 0 saturated heterocycles. The highest BCUT2D eigenvalue weighted by atomic mass is 32.2. The molecular weight excluding hydrogens is 362 g/mol. The van der Waals surface area contributed by atoms with Crippen LogP contribution in [0.5, 0.6) is 11.5 Å². The summed E-state index contributed by atoms with van der Waals surface area (Å²) < 4.78 is 10.5. The fourth-order valence-corrected chi connectivity index (χ4v) is 3.61. The fraction of sp³-hybridized carbons (Fsp3) is 0.250. The van der Waals surface area contributed by atoms with E-state index in [2.05, 4.69) is 15.3 Å². The minimum Gasteiger partial charge on any atom is -0.493 e. The zero-order chi connectivity index (χ0) is 19.4. The summed E-state index contributed by atoms with van der Waals surface area (Å²) in [6.07, 6.45) is 0. The van der Waals surface area contributed by atoms with E-state index in [1.54, 1.807) is 32.4 Å². The predicted molar refractivity (Wildman–Crippen MR) is 108 cm³/mol. The lowest BCUT2D eigenvalue weighted by molar-refractivity contribution is -0.115. The second kappa shape index (κ2) is 8.26. The smallest absolute Gasteiger partial charge is 0.237 e. The van der Waals surface area contributed by atoms with Gasteiger partial charge in [0.05, 0.1) is 25.0 Å². The first-order chi connectivity index (χ1) is 13.0. The lowest BCUT2D eigenvalue weighted by Crippen LogP contribution is -2.22. The third-order valence-electron chi connectivity index (χ3n) is 3.99. The minimum atomic E-state index is -0.337. The van der Waals surface area contributed by atoms with Gasteiger partial charge in [-0.05, 0) is 32.0 Å². The van der Waals surface area contributed by atoms with Crippen LogP contribution in [0.4, 0.5) is 5.69 Å². The zero-order valence-electron chi connectivity index (χ0n) is 15.6. The molecule has 1 N–H and O–H groups in total. The molecule has 0 saturated carbocycles. The number of para-hydroxylation sites is 1. The number of benzene rings is 2. The molecule has 1 atom stereocenters. The largest absolute Gasteiger partial charge is 0.493 e. The van der Waals surface area contributed by atoms with Crippen LogP contribution in [-0.2, 0) is 4.79 Å². The van der Waals surface area contributed by atoms with Gasteiger partial charge in [0.1, 0.15) is 10.9 Å². The summed E-state index contributed by atoms with van der Waals surface area (Å²) >= 11 is 1.41. The van der Waals surface area contributed by atoms with Crippen molar-refractivity contribution in [1.82, 2.24) is 9.97 Å². The Bertz CT molecular complexity index is 978. The molecule has 3 aromatic rings. The Morgan fingerprint density at radius 2 is 1.81 bits per heavy atom. The van der Waals surface area contributed by atoms with Crippen molar-refractivity contribution >= 4 is 34.3 Å². The summed E-state index contributed by atoms with van der Waals surface area (Å²) in [5, 5.41) is 4.32. The third kappa shape index (κ3) is 4.31. The molecule has 1 amide bonds. The van der Waals surface area contributed by atoms with Gasteiger partial charge in [0.15, 0.2) is 11.5 Å². The molecule has 0 bridgehead atoms. The molecule has 6 nitrogen and oxygen atoms in total. The Kier molecular flexibility index (Phi) is 5.81. The van der Waals surface area contributed by atoms with Crippen molar-refractivity contribution in [3.63, 3.8) is 0 Å². The average molecular weight is 383 g/mol. The van der Waals surface area contributed by atoms with Crippen molar-refractivity contribution in [2.24, 2.45) is 0 Å². The van der Waals surface area contributed by atoms with Gasteiger partial charge in [-0.1, -0.05) is 30.0 Å². The Hall–Kier alpha value is -2.80. The van der Waals surface area contributed by atoms with Crippen LogP contribution in [-0.4, -0.2) is 35.3 Å². The lowest BCUT2D eigenvalue weighted by atomic mass is 10.2. The van der Waals surface area contributed by atoms with Crippen molar-refractivity contribution < 1.29 is 14.3 Å². The maximum Gasteiger partial charge on any atom is 0.237 e. The number of anilines is 1. The molecule has 0 aliphatic rings. The molecule has 0 fully saturated rings. The summed E-state index contributed by atoms with van der Waals surface area (Å²) in [4.78, 5) is 21.6. The van der Waals surface area contributed by atoms with Gasteiger partial charge in [0.2, 0.25) is 5.91 Å². The molecule has 1 heterocycles. The highest BCUT2D eigenvalue weighted by molar-refractivity contribution is 8.00. The molecule has 0 spiro atoms. The van der Waals surface area contributed by atoms with Crippen LogP contribution < -0.4 is 14.8 Å². The topological polar surface area (TPSA) is 73.3 Å². The minimum absolute atomic E-state index is 0.118. The van der Waals surface area contributed by atoms with Gasteiger partial charge in [-0.2, -0.15) is 0 Å². The lowest BCUT2D eigenvalue weighted by Gasteiger charge is -2.14. The van der Waals surface area contributed by atoms with E-state index in [0.29, 0.717) is 23.0 Å². The molecule has 1 aromatic heterocycles. The summed E-state index contributed by atoms with van der Waals surface area (Å²) in [5.74, 6) is 1.74. The average Bonchev–Trinajstić information content (AvgIpc) is 2.67. The number of methoxy groups -OCH3 is 2. The highest BCUT2D eigenvalue weighted by Gasteiger charge is 2.18. The van der Waals surface area contributed by atoms with Crippen LogP contribution in [0.3, 0.4) is 0 Å². The van der Waals surface area contributed by atoms with Crippen LogP contribution >= 0.6 is 11.8 Å². The van der Waals surface area contributed by atoms with Crippen LogP contribution in [0.1, 0.15) is 12.7 Å². The molecule has 0 aliphatic carbocycles. The molecule has 140 valence electrons. The van der Waals surface area contributed by atoms with Crippen molar-refractivity contribution in [2.75, 3.05) is 19.5 Å². The van der Waals surface area contributed by atoms with Crippen LogP contribution in [0.25, 0.3) is 10.9 Å². The van der Waals surface area contributed by atoms with Gasteiger partial charge >= 0.3 is 0 Å². The van der Waals surface area contributed by atoms with Gasteiger partial charge < -0.3 is 14.8 Å². The van der Waals surface area contributed by atoms with E-state index in [1.807, 2.05) is 38.1 Å². The van der Waals surface area contributed by atoms with Crippen molar-refractivity contribution in [3.8, 4) is 11.5 Å². The number of aryl methyl sites for hydroxylation is 1. The number of ether oxygens (including phenoxy) is 2. The van der Waals surface area contributed by atoms with Crippen LogP contribution in [0, 0.1) is 6.92 Å². The highest BCUT2D eigenvalue weighted by Crippen LogP contribution is 2.31. The molecule has 0 aliphatic heterocycles. The number of nitrogens with one attached hydrogen (secondary N) is 1. The van der Waals surface area contributed by atoms with Gasteiger partial charge in [-0.25, -0.2) is 9.97 Å². The fourth-order valence-electron chi connectivity index (χ4n) is 2.63. The quantitative estimate of drug-likeness (QED) is 0.511. The third-order valence-corrected chi connectivity index (χ3v) is 5.09. The monoisotopic (exact) mass is 383 g/mol. The molecule has 0 unspecified atom stereocenters. The second-order valence-corrected chi connectivity index (χ2v) is 7.24. The van der Waals surface area contributed by atoms with E-state index in [4.69, 9.17) is 9.47 Å². The molecule has 27 heavy (non-hydrogen) atoms. The first-order valence-electron chi connectivity index (χ1n) is 8.44. The maximum atomic E-state index is 12.6. The van der Waals surface area contributed by atoms with E-state index >= 15 is 0 Å². The molecule has 7 heteroatoms. The van der Waals surface area contributed by atoms with E-state index < -0.39 is 0 Å². The molecule has 0 radical (unpaired) electrons. The van der Waals surface area contributed by atoms with E-state index in [9.17, 15) is 4.79 Å². The van der Waals surface area contributed by atoms with Crippen molar-refractivity contribution in [2.45, 2.75) is 24.1 Å². The number of fused-ring (bicyclic) bond motifs is 1. The van der Waals surface area contributed by atoms with Crippen molar-refractivity contribution in [3.05, 3.63) is 48.3 Å². The molecular formula is C20H21N3O3S. The first kappa shape index (κ1) is 19.0. The summed E-state index contributed by atoms with van der Waals surface area (Å²) in [6, 6.07) is 13.1. The number of aromatic nitrogens is 2. The number of carbonyl (C=O) groups excluding carboxylic acids is 1. The number of amides is 1. The normalized spacial score (nSPS) is 11.9. The predicted octanol–water partition coefficient (Wildman–Crippen LogP) is 4.07. The van der Waals surface area contributed by atoms with Gasteiger partial charge in [0, 0.05) is 17.1 Å². The maximum absolute atomic E-state index is 12.6. The summed E-state index contributed by atoms with van der Waals surface area (Å²) in [7, 11) is 3.13. The first-order valence-corrected chi connectivity index (χ1v) is 9.32. The zero-order valence-corrected chi connectivity index (χ0v) is 16.5. The van der Waals surface area contributed by atoms with E-state index in [1.165, 1.54) is 11.8 Å². The van der Waals surface area contributed by atoms with Gasteiger partial charge in [0.25, 0.3) is 0 Å². The Morgan fingerprint density at radius 3 is 2.56 bits per heavy atom. The Labute approximate surface area is 162 Å². The Balaban J connectivity index is 1.77. The van der Waals surface area contributed by atoms with Gasteiger partial charge in [-0.15, -0.1) is 0 Å². The number of rotatable bonds is 6. The molecule has 3 rings (SSSR count). The number of hydrogen-bond acceptors (Lipinski definition) is 6. The van der Waals surface area contributed by atoms with Crippen molar-refractivity contribution in [1.29, 1.82) is 0 Å². The van der Waals surface area contributed by atoms with Gasteiger partial charge in [-0.3, -0.25) is 4.79 Å². The Morgan fingerprint density at radius 1 is 1.07 bits per heavy atom. The second-order valence-electron chi connectivity index (χ2n) is 5.91. The number of nitrogens with zero attached hydrogens (tertiary/aromatic N) is 2. The SMILES string of the molecule is COc1ccc(NC(=O)[C@H](C)Sc2nc(C)nc3ccccc23)cc1OC. The molecule has 2 aromatic carbocycles. The standard InChI is InChI=1S/C20H21N3O3S/c1-12(19(24)23-14-9-10-17(25-3)18(11-14)26-4)27-20-15-7-5-6-8-16(15)21-13(2)22-20/h5-12H,1-4H3,(H,23,24)/t12-/m0/s1.